The maximum absolute atomic E-state index is 11.6. The van der Waals surface area contributed by atoms with Gasteiger partial charge in [0.05, 0.1) is 5.69 Å². The van der Waals surface area contributed by atoms with Gasteiger partial charge in [0.1, 0.15) is 17.8 Å². The van der Waals surface area contributed by atoms with Crippen LogP contribution in [0, 0.1) is 0 Å². The number of anilines is 2. The van der Waals surface area contributed by atoms with E-state index < -0.39 is 0 Å². The molecule has 1 aromatic heterocycles. The van der Waals surface area contributed by atoms with Crippen molar-refractivity contribution in [3.63, 3.8) is 0 Å². The van der Waals surface area contributed by atoms with Gasteiger partial charge in [-0.25, -0.2) is 4.98 Å². The van der Waals surface area contributed by atoms with Gasteiger partial charge in [0, 0.05) is 12.6 Å². The van der Waals surface area contributed by atoms with Crippen LogP contribution in [0.1, 0.15) is 0 Å². The van der Waals surface area contributed by atoms with Crippen molar-refractivity contribution >= 4 is 17.4 Å². The number of hydrogen-bond acceptors (Lipinski definition) is 6. The molecule has 0 fully saturated rings. The predicted octanol–water partition coefficient (Wildman–Crippen LogP) is 0.476. The number of ether oxygens (including phenoxy) is 1. The van der Waals surface area contributed by atoms with Gasteiger partial charge >= 0.3 is 0 Å². The van der Waals surface area contributed by atoms with Crippen molar-refractivity contribution in [2.75, 3.05) is 24.3 Å². The van der Waals surface area contributed by atoms with Crippen LogP contribution in [0.2, 0.25) is 0 Å². The number of nitrogens with zero attached hydrogens (tertiary/aromatic N) is 4. The zero-order valence-corrected chi connectivity index (χ0v) is 10.2. The Morgan fingerprint density at radius 1 is 1.42 bits per heavy atom. The largest absolute Gasteiger partial charge is 0.482 e. The van der Waals surface area contributed by atoms with Crippen molar-refractivity contribution in [3.8, 4) is 17.0 Å². The van der Waals surface area contributed by atoms with E-state index in [0.717, 1.165) is 5.56 Å². The summed E-state index contributed by atoms with van der Waals surface area (Å²) in [4.78, 5) is 17.0. The van der Waals surface area contributed by atoms with Crippen LogP contribution in [0.15, 0.2) is 24.5 Å². The summed E-state index contributed by atoms with van der Waals surface area (Å²) < 4.78 is 5.35. The molecule has 96 valence electrons. The van der Waals surface area contributed by atoms with Gasteiger partial charge in [-0.05, 0) is 18.2 Å². The minimum atomic E-state index is -0.102. The number of rotatable bonds is 1. The Balaban J connectivity index is 2.11. The highest BCUT2D eigenvalue weighted by Gasteiger charge is 2.23. The van der Waals surface area contributed by atoms with Crippen molar-refractivity contribution < 1.29 is 9.53 Å². The molecule has 0 unspecified atom stereocenters. The SMILES string of the molecule is CN1C(=O)COc2ccc(-c3nncnc3N)cc21. The Bertz CT molecular complexity index is 658. The lowest BCUT2D eigenvalue weighted by molar-refractivity contribution is -0.120. The number of fused-ring (bicyclic) bond motifs is 1. The third-order valence-corrected chi connectivity index (χ3v) is 2.97. The summed E-state index contributed by atoms with van der Waals surface area (Å²) in [6.07, 6.45) is 1.29. The van der Waals surface area contributed by atoms with Crippen LogP contribution in [0.5, 0.6) is 5.75 Å². The van der Waals surface area contributed by atoms with Gasteiger partial charge in [0.2, 0.25) is 0 Å². The first-order valence-electron chi connectivity index (χ1n) is 5.64. The molecule has 0 bridgehead atoms. The van der Waals surface area contributed by atoms with Gasteiger partial charge < -0.3 is 15.4 Å². The van der Waals surface area contributed by atoms with Crippen LogP contribution in [-0.2, 0) is 4.79 Å². The standard InChI is InChI=1S/C12H11N5O2/c1-17-8-4-7(11-12(13)14-6-15-16-11)2-3-9(8)19-5-10(17)18/h2-4,6H,5H2,1H3,(H2,13,14,15). The molecule has 1 aromatic carbocycles. The number of amides is 1. The summed E-state index contributed by atoms with van der Waals surface area (Å²) in [5.41, 5.74) is 7.67. The summed E-state index contributed by atoms with van der Waals surface area (Å²) in [5.74, 6) is 0.844. The number of carbonyl (C=O) groups excluding carboxylic acids is 1. The van der Waals surface area contributed by atoms with Gasteiger partial charge in [-0.2, -0.15) is 0 Å². The first-order valence-corrected chi connectivity index (χ1v) is 5.64. The van der Waals surface area contributed by atoms with E-state index >= 15 is 0 Å². The first kappa shape index (κ1) is 11.4. The molecule has 7 nitrogen and oxygen atoms in total. The summed E-state index contributed by atoms with van der Waals surface area (Å²) in [5, 5.41) is 7.67. The first-order chi connectivity index (χ1) is 9.16. The second-order valence-electron chi connectivity index (χ2n) is 4.12. The molecular weight excluding hydrogens is 246 g/mol. The molecule has 1 aliphatic rings. The maximum Gasteiger partial charge on any atom is 0.264 e. The summed E-state index contributed by atoms with van der Waals surface area (Å²) >= 11 is 0. The van der Waals surface area contributed by atoms with Crippen LogP contribution in [0.25, 0.3) is 11.3 Å². The number of benzene rings is 1. The second-order valence-corrected chi connectivity index (χ2v) is 4.12. The average molecular weight is 257 g/mol. The number of nitrogen functional groups attached to an aromatic ring is 1. The van der Waals surface area contributed by atoms with Crippen molar-refractivity contribution in [2.24, 2.45) is 0 Å². The van der Waals surface area contributed by atoms with Crippen molar-refractivity contribution in [3.05, 3.63) is 24.5 Å². The zero-order chi connectivity index (χ0) is 13.4. The number of nitrogens with two attached hydrogens (primary N) is 1. The maximum atomic E-state index is 11.6. The third kappa shape index (κ3) is 1.85. The number of carbonyl (C=O) groups is 1. The molecule has 0 aliphatic carbocycles. The van der Waals surface area contributed by atoms with Crippen LogP contribution < -0.4 is 15.4 Å². The molecule has 1 amide bonds. The van der Waals surface area contributed by atoms with E-state index in [1.807, 2.05) is 6.07 Å². The third-order valence-electron chi connectivity index (χ3n) is 2.97. The van der Waals surface area contributed by atoms with Crippen molar-refractivity contribution in [1.82, 2.24) is 15.2 Å². The Morgan fingerprint density at radius 2 is 2.26 bits per heavy atom. The fourth-order valence-corrected chi connectivity index (χ4v) is 1.91. The quantitative estimate of drug-likeness (QED) is 0.798. The number of likely N-dealkylation sites (N-methyl/N-ethyl adjacent to an activating group) is 1. The van der Waals surface area contributed by atoms with E-state index in [4.69, 9.17) is 10.5 Å². The van der Waals surface area contributed by atoms with Gasteiger partial charge in [0.15, 0.2) is 12.4 Å². The molecule has 2 N–H and O–H groups in total. The molecule has 0 atom stereocenters. The Morgan fingerprint density at radius 3 is 3.05 bits per heavy atom. The topological polar surface area (TPSA) is 94.2 Å². The van der Waals surface area contributed by atoms with Crippen molar-refractivity contribution in [2.45, 2.75) is 0 Å². The molecule has 0 saturated heterocycles. The molecule has 0 radical (unpaired) electrons. The average Bonchev–Trinajstić information content (AvgIpc) is 2.43. The van der Waals surface area contributed by atoms with E-state index in [9.17, 15) is 4.79 Å². The normalized spacial score (nSPS) is 13.9. The fraction of sp³-hybridized carbons (Fsp3) is 0.167. The van der Waals surface area contributed by atoms with Crippen LogP contribution in [0.4, 0.5) is 11.5 Å². The molecule has 0 saturated carbocycles. The number of hydrogen-bond donors (Lipinski definition) is 1. The van der Waals surface area contributed by atoms with Gasteiger partial charge in [0.25, 0.3) is 5.91 Å². The molecule has 2 aromatic rings. The van der Waals surface area contributed by atoms with Gasteiger partial charge in [-0.15, -0.1) is 10.2 Å². The lowest BCUT2D eigenvalue weighted by atomic mass is 10.1. The molecular formula is C12H11N5O2. The van der Waals surface area contributed by atoms with Gasteiger partial charge in [-0.1, -0.05) is 0 Å². The van der Waals surface area contributed by atoms with E-state index in [-0.39, 0.29) is 12.5 Å². The molecule has 2 heterocycles. The minimum absolute atomic E-state index is 0.0533. The van der Waals surface area contributed by atoms with Crippen molar-refractivity contribution in [1.29, 1.82) is 0 Å². The van der Waals surface area contributed by atoms with E-state index in [1.165, 1.54) is 6.33 Å². The lowest BCUT2D eigenvalue weighted by Gasteiger charge is -2.26. The lowest BCUT2D eigenvalue weighted by Crippen LogP contribution is -2.35. The Hall–Kier alpha value is -2.70. The highest BCUT2D eigenvalue weighted by atomic mass is 16.5. The molecule has 7 heteroatoms. The number of aromatic nitrogens is 3. The van der Waals surface area contributed by atoms with Crippen LogP contribution >= 0.6 is 0 Å². The van der Waals surface area contributed by atoms with Crippen LogP contribution in [-0.4, -0.2) is 34.7 Å². The highest BCUT2D eigenvalue weighted by molar-refractivity contribution is 5.98. The van der Waals surface area contributed by atoms with Crippen LogP contribution in [0.3, 0.4) is 0 Å². The monoisotopic (exact) mass is 257 g/mol. The molecule has 0 spiro atoms. The predicted molar refractivity (Wildman–Crippen MR) is 68.6 cm³/mol. The van der Waals surface area contributed by atoms with E-state index in [0.29, 0.717) is 22.9 Å². The molecule has 1 aliphatic heterocycles. The Kier molecular flexibility index (Phi) is 2.52. The highest BCUT2D eigenvalue weighted by Crippen LogP contribution is 2.35. The smallest absolute Gasteiger partial charge is 0.264 e. The second kappa shape index (κ2) is 4.20. The minimum Gasteiger partial charge on any atom is -0.482 e. The Labute approximate surface area is 109 Å². The van der Waals surface area contributed by atoms with Gasteiger partial charge in [-0.3, -0.25) is 4.79 Å². The molecule has 3 rings (SSSR count). The van der Waals surface area contributed by atoms with E-state index in [2.05, 4.69) is 15.2 Å². The van der Waals surface area contributed by atoms with E-state index in [1.54, 1.807) is 24.1 Å². The summed E-state index contributed by atoms with van der Waals surface area (Å²) in [6.45, 7) is 0.0533. The zero-order valence-electron chi connectivity index (χ0n) is 10.2. The summed E-state index contributed by atoms with van der Waals surface area (Å²) in [7, 11) is 1.70. The summed E-state index contributed by atoms with van der Waals surface area (Å²) in [6, 6.07) is 5.38. The molecule has 19 heavy (non-hydrogen) atoms. The fourth-order valence-electron chi connectivity index (χ4n) is 1.91.